The average molecular weight is 952 g/mol. The monoisotopic (exact) mass is 951 g/mol. The summed E-state index contributed by atoms with van der Waals surface area (Å²) in [4.78, 5) is 17.0. The number of thiophene rings is 2. The third kappa shape index (κ3) is 5.77. The highest BCUT2D eigenvalue weighted by Gasteiger charge is 2.25. The maximum Gasteiger partial charge on any atom is 0.164 e. The molecule has 0 amide bonds. The fraction of sp³-hybridized carbons (Fsp3) is 0. The van der Waals surface area contributed by atoms with Crippen molar-refractivity contribution in [1.82, 2.24) is 24.1 Å². The second-order valence-corrected chi connectivity index (χ2v) is 20.8. The Labute approximate surface area is 419 Å². The third-order valence-electron chi connectivity index (χ3n) is 14.7. The van der Waals surface area contributed by atoms with E-state index >= 15 is 0 Å². The van der Waals surface area contributed by atoms with Crippen LogP contribution in [0.5, 0.6) is 0 Å². The highest BCUT2D eigenvalue weighted by molar-refractivity contribution is 7.27. The molecule has 0 spiro atoms. The van der Waals surface area contributed by atoms with Gasteiger partial charge in [0.05, 0.1) is 22.1 Å². The van der Waals surface area contributed by atoms with Crippen molar-refractivity contribution < 1.29 is 0 Å². The molecule has 5 heterocycles. The van der Waals surface area contributed by atoms with Gasteiger partial charge in [0.25, 0.3) is 0 Å². The third-order valence-corrected chi connectivity index (χ3v) is 17.0. The zero-order valence-electron chi connectivity index (χ0n) is 38.4. The fourth-order valence-corrected chi connectivity index (χ4v) is 14.0. The maximum absolute atomic E-state index is 5.72. The number of rotatable bonds is 5. The SMILES string of the molecule is c1ccc(-n2c3ccccc3c3c(-c4nc(-c5cccc6sc7ccccc7c56)nc(-c5cc(-n6c7ccccc7c7cc8ccccc8cc76)cc6sc7c8ccccc8ccc7c56)n4)cccc32)cc1. The molecule has 5 aromatic heterocycles. The molecule has 0 atom stereocenters. The van der Waals surface area contributed by atoms with Crippen molar-refractivity contribution in [1.29, 1.82) is 0 Å². The van der Waals surface area contributed by atoms with Crippen LogP contribution in [0.1, 0.15) is 0 Å². The molecule has 0 saturated carbocycles. The second-order valence-electron chi connectivity index (χ2n) is 18.7. The van der Waals surface area contributed by atoms with E-state index in [1.807, 2.05) is 22.7 Å². The highest BCUT2D eigenvalue weighted by Crippen LogP contribution is 2.47. The van der Waals surface area contributed by atoms with Gasteiger partial charge in [-0.1, -0.05) is 158 Å². The van der Waals surface area contributed by atoms with Gasteiger partial charge in [0.15, 0.2) is 17.5 Å². The zero-order valence-corrected chi connectivity index (χ0v) is 40.0. The molecular formula is C65H37N5S2. The number of benzene rings is 11. The Morgan fingerprint density at radius 2 is 0.847 bits per heavy atom. The summed E-state index contributed by atoms with van der Waals surface area (Å²) in [6.45, 7) is 0. The van der Waals surface area contributed by atoms with Gasteiger partial charge in [-0.25, -0.2) is 15.0 Å². The molecule has 7 heteroatoms. The quantitative estimate of drug-likeness (QED) is 0.173. The summed E-state index contributed by atoms with van der Waals surface area (Å²) in [5, 5.41) is 14.2. The van der Waals surface area contributed by atoms with Gasteiger partial charge in [0.1, 0.15) is 0 Å². The van der Waals surface area contributed by atoms with Crippen molar-refractivity contribution in [2.24, 2.45) is 0 Å². The van der Waals surface area contributed by atoms with Gasteiger partial charge in [-0.05, 0) is 88.3 Å². The standard InChI is InChI=1S/C65H37N5S2/c1-2-19-41(20-3-1)69-53-28-12-9-23-45(53)59-48(25-14-29-54(59)69)63-66-64(49-26-15-31-57-60(49)46-24-10-13-30-56(46)71-57)68-65(67-63)51-36-42(37-58-61(51)47-33-32-38-16-6-7-21-43(38)62(47)72-58)70-52-27-11-8-22-44(52)50-34-39-17-4-5-18-40(39)35-55(50)70/h1-37H. The number of hydrogen-bond acceptors (Lipinski definition) is 5. The van der Waals surface area contributed by atoms with E-state index in [1.54, 1.807) is 0 Å². The minimum absolute atomic E-state index is 0.625. The molecule has 16 rings (SSSR count). The van der Waals surface area contributed by atoms with Crippen LogP contribution >= 0.6 is 22.7 Å². The second kappa shape index (κ2) is 15.2. The summed E-state index contributed by atoms with van der Waals surface area (Å²) in [5.41, 5.74) is 9.57. The lowest BCUT2D eigenvalue weighted by Crippen LogP contribution is -2.02. The molecular weight excluding hydrogens is 915 g/mol. The normalized spacial score (nSPS) is 12.2. The van der Waals surface area contributed by atoms with E-state index in [2.05, 4.69) is 234 Å². The van der Waals surface area contributed by atoms with Crippen LogP contribution in [0, 0.1) is 0 Å². The molecule has 0 aliphatic carbocycles. The van der Waals surface area contributed by atoms with Crippen LogP contribution in [0.25, 0.3) is 151 Å². The number of aromatic nitrogens is 5. The minimum atomic E-state index is 0.625. The summed E-state index contributed by atoms with van der Waals surface area (Å²) in [5.74, 6) is 1.89. The highest BCUT2D eigenvalue weighted by atomic mass is 32.1. The van der Waals surface area contributed by atoms with Gasteiger partial charge in [-0.2, -0.15) is 0 Å². The first-order chi connectivity index (χ1) is 35.7. The molecule has 0 aliphatic rings. The van der Waals surface area contributed by atoms with Crippen LogP contribution in [0.4, 0.5) is 0 Å². The van der Waals surface area contributed by atoms with Gasteiger partial charge in [0, 0.05) is 90.0 Å². The first kappa shape index (κ1) is 39.8. The molecule has 72 heavy (non-hydrogen) atoms. The molecule has 0 fully saturated rings. The summed E-state index contributed by atoms with van der Waals surface area (Å²) in [6.07, 6.45) is 0. The van der Waals surface area contributed by atoms with Gasteiger partial charge < -0.3 is 9.13 Å². The van der Waals surface area contributed by atoms with Crippen LogP contribution in [-0.2, 0) is 0 Å². The Morgan fingerprint density at radius 1 is 0.278 bits per heavy atom. The molecule has 11 aromatic carbocycles. The van der Waals surface area contributed by atoms with Crippen molar-refractivity contribution in [2.75, 3.05) is 0 Å². The predicted octanol–water partition coefficient (Wildman–Crippen LogP) is 18.1. The van der Waals surface area contributed by atoms with Crippen molar-refractivity contribution in [3.63, 3.8) is 0 Å². The molecule has 0 N–H and O–H groups in total. The molecule has 0 unspecified atom stereocenters. The van der Waals surface area contributed by atoms with Crippen molar-refractivity contribution in [3.05, 3.63) is 224 Å². The Bertz CT molecular complexity index is 4940. The molecule has 16 aromatic rings. The van der Waals surface area contributed by atoms with Crippen molar-refractivity contribution in [2.45, 2.75) is 0 Å². The van der Waals surface area contributed by atoms with E-state index in [9.17, 15) is 0 Å². The lowest BCUT2D eigenvalue weighted by Gasteiger charge is -2.14. The zero-order chi connectivity index (χ0) is 47.0. The Morgan fingerprint density at radius 3 is 1.65 bits per heavy atom. The lowest BCUT2D eigenvalue weighted by atomic mass is 10.0. The maximum atomic E-state index is 5.72. The van der Waals surface area contributed by atoms with E-state index in [-0.39, 0.29) is 0 Å². The summed E-state index contributed by atoms with van der Waals surface area (Å²) in [6, 6.07) is 81.3. The van der Waals surface area contributed by atoms with Crippen molar-refractivity contribution >= 4 is 128 Å². The molecule has 0 saturated heterocycles. The lowest BCUT2D eigenvalue weighted by molar-refractivity contribution is 1.08. The van der Waals surface area contributed by atoms with E-state index in [0.717, 1.165) is 71.7 Å². The first-order valence-electron chi connectivity index (χ1n) is 24.3. The summed E-state index contributed by atoms with van der Waals surface area (Å²) >= 11 is 3.66. The molecule has 5 nitrogen and oxygen atoms in total. The Kier molecular flexibility index (Phi) is 8.43. The van der Waals surface area contributed by atoms with Crippen LogP contribution in [-0.4, -0.2) is 24.1 Å². The smallest absolute Gasteiger partial charge is 0.164 e. The topological polar surface area (TPSA) is 48.5 Å². The Balaban J connectivity index is 1.05. The summed E-state index contributed by atoms with van der Waals surface area (Å²) < 4.78 is 9.66. The van der Waals surface area contributed by atoms with Crippen LogP contribution in [0.3, 0.4) is 0 Å². The number of fused-ring (bicyclic) bond motifs is 15. The number of nitrogens with zero attached hydrogens (tertiary/aromatic N) is 5. The molecule has 0 aliphatic heterocycles. The van der Waals surface area contributed by atoms with E-state index in [0.29, 0.717) is 17.5 Å². The fourth-order valence-electron chi connectivity index (χ4n) is 11.6. The van der Waals surface area contributed by atoms with Gasteiger partial charge >= 0.3 is 0 Å². The van der Waals surface area contributed by atoms with Crippen molar-refractivity contribution in [3.8, 4) is 45.5 Å². The average Bonchev–Trinajstić information content (AvgIpc) is 4.20. The number of hydrogen-bond donors (Lipinski definition) is 0. The predicted molar refractivity (Wildman–Crippen MR) is 306 cm³/mol. The first-order valence-corrected chi connectivity index (χ1v) is 25.9. The van der Waals surface area contributed by atoms with Crippen LogP contribution < -0.4 is 0 Å². The van der Waals surface area contributed by atoms with E-state index < -0.39 is 0 Å². The largest absolute Gasteiger partial charge is 0.309 e. The molecule has 0 bridgehead atoms. The summed E-state index contributed by atoms with van der Waals surface area (Å²) in [7, 11) is 0. The van der Waals surface area contributed by atoms with Gasteiger partial charge in [-0.15, -0.1) is 22.7 Å². The molecule has 0 radical (unpaired) electrons. The minimum Gasteiger partial charge on any atom is -0.309 e. The molecule has 334 valence electrons. The van der Waals surface area contributed by atoms with Gasteiger partial charge in [-0.3, -0.25) is 0 Å². The number of para-hydroxylation sites is 3. The van der Waals surface area contributed by atoms with Gasteiger partial charge in [0.2, 0.25) is 0 Å². The van der Waals surface area contributed by atoms with Crippen LogP contribution in [0.15, 0.2) is 224 Å². The Hall–Kier alpha value is -9.01. The van der Waals surface area contributed by atoms with Crippen LogP contribution in [0.2, 0.25) is 0 Å². The van der Waals surface area contributed by atoms with E-state index in [1.165, 1.54) is 61.9 Å². The van der Waals surface area contributed by atoms with E-state index in [4.69, 9.17) is 15.0 Å².